The molecule has 1 amide bonds. The van der Waals surface area contributed by atoms with Gasteiger partial charge < -0.3 is 10.1 Å². The smallest absolute Gasteiger partial charge is 0.263 e. The van der Waals surface area contributed by atoms with Crippen LogP contribution in [0.25, 0.3) is 6.08 Å². The van der Waals surface area contributed by atoms with E-state index in [1.807, 2.05) is 30.3 Å². The number of nitrogens with one attached hydrogen (secondary N) is 2. The normalized spacial score (nSPS) is 11.2. The number of amides is 1. The fourth-order valence-electron chi connectivity index (χ4n) is 2.37. The van der Waals surface area contributed by atoms with Crippen LogP contribution in [0, 0.1) is 0 Å². The van der Waals surface area contributed by atoms with Gasteiger partial charge in [0.15, 0.2) is 0 Å². The van der Waals surface area contributed by atoms with Crippen molar-refractivity contribution < 1.29 is 17.9 Å². The van der Waals surface area contributed by atoms with E-state index in [9.17, 15) is 13.2 Å². The third-order valence-electron chi connectivity index (χ3n) is 3.75. The molecule has 0 fully saturated rings. The molecule has 1 heterocycles. The third kappa shape index (κ3) is 5.39. The van der Waals surface area contributed by atoms with Crippen molar-refractivity contribution in [2.45, 2.75) is 4.90 Å². The number of ether oxygens (including phenoxy) is 1. The number of benzene rings is 2. The molecule has 3 rings (SSSR count). The van der Waals surface area contributed by atoms with E-state index in [0.29, 0.717) is 5.69 Å². The van der Waals surface area contributed by atoms with Crippen LogP contribution in [0.4, 0.5) is 11.5 Å². The Morgan fingerprint density at radius 1 is 1.00 bits per heavy atom. The minimum absolute atomic E-state index is 0.00281. The lowest BCUT2D eigenvalue weighted by atomic mass is 10.2. The van der Waals surface area contributed by atoms with Gasteiger partial charge in [-0.25, -0.2) is 18.4 Å². The second-order valence-electron chi connectivity index (χ2n) is 5.78. The number of anilines is 2. The summed E-state index contributed by atoms with van der Waals surface area (Å²) in [6, 6.07) is 15.1. The highest BCUT2D eigenvalue weighted by Crippen LogP contribution is 2.22. The highest BCUT2D eigenvalue weighted by Gasteiger charge is 2.18. The Morgan fingerprint density at radius 3 is 2.38 bits per heavy atom. The molecule has 3 aromatic rings. The quantitative estimate of drug-likeness (QED) is 0.580. The summed E-state index contributed by atoms with van der Waals surface area (Å²) in [5.74, 6) is -0.282. The molecule has 9 heteroatoms. The Kier molecular flexibility index (Phi) is 6.20. The van der Waals surface area contributed by atoms with Crippen LogP contribution < -0.4 is 14.8 Å². The molecule has 2 N–H and O–H groups in total. The van der Waals surface area contributed by atoms with Crippen LogP contribution in [0.2, 0.25) is 0 Å². The molecule has 0 atom stereocenters. The maximum Gasteiger partial charge on any atom is 0.263 e. The van der Waals surface area contributed by atoms with Gasteiger partial charge in [0, 0.05) is 24.2 Å². The maximum absolute atomic E-state index is 12.5. The summed E-state index contributed by atoms with van der Waals surface area (Å²) >= 11 is 0. The molecular formula is C20H18N4O4S. The van der Waals surface area contributed by atoms with Crippen molar-refractivity contribution in [3.05, 3.63) is 78.6 Å². The highest BCUT2D eigenvalue weighted by molar-refractivity contribution is 7.92. The minimum Gasteiger partial charge on any atom is -0.478 e. The Bertz CT molecular complexity index is 1110. The summed E-state index contributed by atoms with van der Waals surface area (Å²) in [5, 5.41) is 2.68. The SMILES string of the molecule is COc1nccnc1NS(=O)(=O)c1ccc(NC(=O)/C=C/c2ccccc2)cc1. The van der Waals surface area contributed by atoms with Gasteiger partial charge in [0.25, 0.3) is 15.9 Å². The van der Waals surface area contributed by atoms with Gasteiger partial charge in [0.1, 0.15) is 0 Å². The van der Waals surface area contributed by atoms with E-state index < -0.39 is 10.0 Å². The van der Waals surface area contributed by atoms with Gasteiger partial charge in [0.05, 0.1) is 12.0 Å². The number of aromatic nitrogens is 2. The first-order valence-corrected chi connectivity index (χ1v) is 9.98. The second kappa shape index (κ2) is 8.98. The van der Waals surface area contributed by atoms with E-state index in [2.05, 4.69) is 20.0 Å². The number of sulfonamides is 1. The lowest BCUT2D eigenvalue weighted by molar-refractivity contribution is -0.111. The molecule has 0 unspecified atom stereocenters. The van der Waals surface area contributed by atoms with Gasteiger partial charge in [-0.15, -0.1) is 0 Å². The predicted octanol–water partition coefficient (Wildman–Crippen LogP) is 2.94. The minimum atomic E-state index is -3.90. The van der Waals surface area contributed by atoms with Crippen LogP contribution in [0.3, 0.4) is 0 Å². The van der Waals surface area contributed by atoms with Crippen LogP contribution >= 0.6 is 0 Å². The van der Waals surface area contributed by atoms with Crippen molar-refractivity contribution in [1.29, 1.82) is 0 Å². The Labute approximate surface area is 168 Å². The van der Waals surface area contributed by atoms with Crippen molar-refractivity contribution >= 4 is 33.5 Å². The molecule has 0 radical (unpaired) electrons. The fourth-order valence-corrected chi connectivity index (χ4v) is 3.38. The molecule has 8 nitrogen and oxygen atoms in total. The monoisotopic (exact) mass is 410 g/mol. The number of hydrogen-bond donors (Lipinski definition) is 2. The topological polar surface area (TPSA) is 110 Å². The summed E-state index contributed by atoms with van der Waals surface area (Å²) in [7, 11) is -2.53. The number of carbonyl (C=O) groups excluding carboxylic acids is 1. The van der Waals surface area contributed by atoms with E-state index in [0.717, 1.165) is 5.56 Å². The van der Waals surface area contributed by atoms with Gasteiger partial charge >= 0.3 is 0 Å². The lowest BCUT2D eigenvalue weighted by Gasteiger charge is -2.10. The van der Waals surface area contributed by atoms with Crippen LogP contribution in [-0.2, 0) is 14.8 Å². The molecule has 0 aliphatic carbocycles. The van der Waals surface area contributed by atoms with Gasteiger partial charge in [-0.2, -0.15) is 0 Å². The number of hydrogen-bond acceptors (Lipinski definition) is 6. The third-order valence-corrected chi connectivity index (χ3v) is 5.10. The number of rotatable bonds is 7. The van der Waals surface area contributed by atoms with Gasteiger partial charge in [-0.05, 0) is 35.9 Å². The van der Waals surface area contributed by atoms with Crippen LogP contribution in [0.15, 0.2) is 78.0 Å². The molecule has 29 heavy (non-hydrogen) atoms. The van der Waals surface area contributed by atoms with Gasteiger partial charge in [0.2, 0.25) is 11.7 Å². The van der Waals surface area contributed by atoms with Crippen LogP contribution in [0.5, 0.6) is 5.88 Å². The lowest BCUT2D eigenvalue weighted by Crippen LogP contribution is -2.15. The van der Waals surface area contributed by atoms with Crippen molar-refractivity contribution in [3.63, 3.8) is 0 Å². The Morgan fingerprint density at radius 2 is 1.69 bits per heavy atom. The molecule has 0 bridgehead atoms. The van der Waals surface area contributed by atoms with Gasteiger partial charge in [-0.3, -0.25) is 9.52 Å². The molecule has 0 aliphatic rings. The molecule has 0 saturated heterocycles. The van der Waals surface area contributed by atoms with E-state index >= 15 is 0 Å². The predicted molar refractivity (Wildman–Crippen MR) is 110 cm³/mol. The molecule has 2 aromatic carbocycles. The van der Waals surface area contributed by atoms with Crippen molar-refractivity contribution in [2.75, 3.05) is 17.1 Å². The van der Waals surface area contributed by atoms with Crippen molar-refractivity contribution in [3.8, 4) is 5.88 Å². The summed E-state index contributed by atoms with van der Waals surface area (Å²) in [4.78, 5) is 19.8. The molecule has 0 spiro atoms. The van der Waals surface area contributed by atoms with E-state index in [1.165, 1.54) is 49.8 Å². The zero-order valence-electron chi connectivity index (χ0n) is 15.4. The summed E-state index contributed by atoms with van der Waals surface area (Å²) in [6.07, 6.45) is 5.83. The average Bonchev–Trinajstić information content (AvgIpc) is 2.73. The van der Waals surface area contributed by atoms with Gasteiger partial charge in [-0.1, -0.05) is 30.3 Å². The number of carbonyl (C=O) groups is 1. The molecule has 0 aliphatic heterocycles. The fraction of sp³-hybridized carbons (Fsp3) is 0.0500. The molecular weight excluding hydrogens is 392 g/mol. The number of methoxy groups -OCH3 is 1. The first-order valence-electron chi connectivity index (χ1n) is 8.50. The number of nitrogens with zero attached hydrogens (tertiary/aromatic N) is 2. The Balaban J connectivity index is 1.67. The van der Waals surface area contributed by atoms with E-state index in [-0.39, 0.29) is 22.5 Å². The standard InChI is InChI=1S/C20H18N4O4S/c1-28-20-19(21-13-14-22-20)24-29(26,27)17-10-8-16(9-11-17)23-18(25)12-7-15-5-3-2-4-6-15/h2-14H,1H3,(H,21,24)(H,23,25)/b12-7+. The summed E-state index contributed by atoms with van der Waals surface area (Å²) < 4.78 is 32.4. The average molecular weight is 410 g/mol. The van der Waals surface area contributed by atoms with Crippen molar-refractivity contribution in [1.82, 2.24) is 9.97 Å². The summed E-state index contributed by atoms with van der Waals surface area (Å²) in [6.45, 7) is 0. The molecule has 148 valence electrons. The highest BCUT2D eigenvalue weighted by atomic mass is 32.2. The van der Waals surface area contributed by atoms with Crippen LogP contribution in [0.1, 0.15) is 5.56 Å². The Hall–Kier alpha value is -3.72. The summed E-state index contributed by atoms with van der Waals surface area (Å²) in [5.41, 5.74) is 1.36. The first kappa shape index (κ1) is 20.0. The largest absolute Gasteiger partial charge is 0.478 e. The second-order valence-corrected chi connectivity index (χ2v) is 7.46. The maximum atomic E-state index is 12.5. The molecule has 0 saturated carbocycles. The van der Waals surface area contributed by atoms with Crippen molar-refractivity contribution in [2.24, 2.45) is 0 Å². The first-order chi connectivity index (χ1) is 14.0. The zero-order valence-corrected chi connectivity index (χ0v) is 16.3. The van der Waals surface area contributed by atoms with Crippen LogP contribution in [-0.4, -0.2) is 31.4 Å². The van der Waals surface area contributed by atoms with E-state index in [4.69, 9.17) is 4.74 Å². The zero-order chi connectivity index (χ0) is 20.7. The molecule has 1 aromatic heterocycles. The van der Waals surface area contributed by atoms with E-state index in [1.54, 1.807) is 6.08 Å².